The van der Waals surface area contributed by atoms with Gasteiger partial charge in [-0.2, -0.15) is 4.98 Å². The summed E-state index contributed by atoms with van der Waals surface area (Å²) in [5, 5.41) is 11.8. The van der Waals surface area contributed by atoms with Gasteiger partial charge in [0, 0.05) is 12.6 Å². The molecule has 0 aliphatic rings. The molecule has 6 nitrogen and oxygen atoms in total. The third-order valence-corrected chi connectivity index (χ3v) is 2.65. The first-order valence-electron chi connectivity index (χ1n) is 5.63. The molecule has 19 heavy (non-hydrogen) atoms. The van der Waals surface area contributed by atoms with Gasteiger partial charge in [0.1, 0.15) is 11.4 Å². The summed E-state index contributed by atoms with van der Waals surface area (Å²) in [5.74, 6) is -0.843. The molecule has 0 bridgehead atoms. The Kier molecular flexibility index (Phi) is 3.41. The highest BCUT2D eigenvalue weighted by molar-refractivity contribution is 5.93. The average Bonchev–Trinajstić information content (AvgIpc) is 2.83. The van der Waals surface area contributed by atoms with E-state index in [1.807, 2.05) is 19.1 Å². The third-order valence-electron chi connectivity index (χ3n) is 2.65. The molecule has 2 rings (SSSR count). The molecule has 0 saturated heterocycles. The molecule has 0 unspecified atom stereocenters. The summed E-state index contributed by atoms with van der Waals surface area (Å²) in [6, 6.07) is 5.60. The van der Waals surface area contributed by atoms with Crippen LogP contribution in [0.2, 0.25) is 0 Å². The quantitative estimate of drug-likeness (QED) is 0.880. The van der Waals surface area contributed by atoms with Crippen molar-refractivity contribution in [1.82, 2.24) is 4.98 Å². The van der Waals surface area contributed by atoms with Crippen molar-refractivity contribution in [2.45, 2.75) is 6.92 Å². The zero-order chi connectivity index (χ0) is 14.0. The van der Waals surface area contributed by atoms with Crippen molar-refractivity contribution >= 4 is 12.0 Å². The lowest BCUT2D eigenvalue weighted by Gasteiger charge is -2.07. The number of oxazole rings is 1. The second-order valence-electron chi connectivity index (χ2n) is 3.96. The molecular formula is C13H14N2O4. The highest BCUT2D eigenvalue weighted by Crippen LogP contribution is 2.34. The van der Waals surface area contributed by atoms with Crippen molar-refractivity contribution in [3.63, 3.8) is 0 Å². The number of methoxy groups -OCH3 is 1. The lowest BCUT2D eigenvalue weighted by Crippen LogP contribution is -1.98. The van der Waals surface area contributed by atoms with E-state index in [1.54, 1.807) is 13.1 Å². The fraction of sp³-hybridized carbons (Fsp3) is 0.231. The molecule has 0 fully saturated rings. The zero-order valence-corrected chi connectivity index (χ0v) is 10.9. The van der Waals surface area contributed by atoms with Crippen LogP contribution < -0.4 is 10.1 Å². The number of carbonyl (C=O) groups is 1. The van der Waals surface area contributed by atoms with Crippen LogP contribution in [0, 0.1) is 6.92 Å². The molecule has 0 aliphatic carbocycles. The van der Waals surface area contributed by atoms with Gasteiger partial charge in [-0.05, 0) is 19.1 Å². The van der Waals surface area contributed by atoms with Crippen LogP contribution in [0.3, 0.4) is 0 Å². The number of rotatable bonds is 4. The second kappa shape index (κ2) is 5.01. The van der Waals surface area contributed by atoms with Crippen LogP contribution in [0.4, 0.5) is 6.01 Å². The van der Waals surface area contributed by atoms with Crippen molar-refractivity contribution in [2.24, 2.45) is 0 Å². The molecule has 0 radical (unpaired) electrons. The Morgan fingerprint density at radius 1 is 1.47 bits per heavy atom. The van der Waals surface area contributed by atoms with Gasteiger partial charge in [-0.3, -0.25) is 0 Å². The van der Waals surface area contributed by atoms with Gasteiger partial charge in [-0.25, -0.2) is 4.79 Å². The monoisotopic (exact) mass is 262 g/mol. The van der Waals surface area contributed by atoms with Crippen molar-refractivity contribution in [2.75, 3.05) is 19.5 Å². The number of hydrogen-bond acceptors (Lipinski definition) is 5. The van der Waals surface area contributed by atoms with Gasteiger partial charge in [0.15, 0.2) is 0 Å². The molecule has 1 aromatic heterocycles. The van der Waals surface area contributed by atoms with Gasteiger partial charge in [0.05, 0.1) is 7.11 Å². The number of carboxylic acids is 1. The van der Waals surface area contributed by atoms with Crippen molar-refractivity contribution < 1.29 is 19.1 Å². The number of nitrogens with zero attached hydrogens (tertiary/aromatic N) is 1. The molecule has 0 atom stereocenters. The Balaban J connectivity index is 2.66. The number of benzene rings is 1. The van der Waals surface area contributed by atoms with Gasteiger partial charge in [-0.1, -0.05) is 11.6 Å². The summed E-state index contributed by atoms with van der Waals surface area (Å²) >= 11 is 0. The maximum absolute atomic E-state index is 11.2. The summed E-state index contributed by atoms with van der Waals surface area (Å²) in [6.07, 6.45) is 0. The van der Waals surface area contributed by atoms with Gasteiger partial charge in [0.25, 0.3) is 6.01 Å². The third kappa shape index (κ3) is 2.37. The topological polar surface area (TPSA) is 84.6 Å². The van der Waals surface area contributed by atoms with E-state index in [0.29, 0.717) is 11.3 Å². The Morgan fingerprint density at radius 2 is 2.21 bits per heavy atom. The van der Waals surface area contributed by atoms with E-state index in [4.69, 9.17) is 14.3 Å². The van der Waals surface area contributed by atoms with Crippen LogP contribution >= 0.6 is 0 Å². The first kappa shape index (κ1) is 12.9. The molecule has 0 saturated carbocycles. The van der Waals surface area contributed by atoms with Crippen molar-refractivity contribution in [3.05, 3.63) is 29.5 Å². The maximum atomic E-state index is 11.2. The van der Waals surface area contributed by atoms with Crippen LogP contribution in [0.1, 0.15) is 16.1 Å². The zero-order valence-electron chi connectivity index (χ0n) is 10.9. The minimum absolute atomic E-state index is 0.149. The predicted molar refractivity (Wildman–Crippen MR) is 69.7 cm³/mol. The first-order valence-corrected chi connectivity index (χ1v) is 5.63. The smallest absolute Gasteiger partial charge is 0.374 e. The van der Waals surface area contributed by atoms with E-state index in [-0.39, 0.29) is 17.5 Å². The number of nitrogens with one attached hydrogen (secondary N) is 1. The van der Waals surface area contributed by atoms with E-state index < -0.39 is 5.97 Å². The molecule has 0 spiro atoms. The first-order chi connectivity index (χ1) is 9.06. The number of aromatic nitrogens is 1. The van der Waals surface area contributed by atoms with E-state index in [2.05, 4.69) is 10.3 Å². The van der Waals surface area contributed by atoms with E-state index >= 15 is 0 Å². The van der Waals surface area contributed by atoms with Crippen LogP contribution in [-0.2, 0) is 0 Å². The molecule has 1 aromatic carbocycles. The minimum atomic E-state index is -1.17. The summed E-state index contributed by atoms with van der Waals surface area (Å²) in [7, 11) is 3.13. The van der Waals surface area contributed by atoms with Crippen molar-refractivity contribution in [3.8, 4) is 17.0 Å². The fourth-order valence-electron chi connectivity index (χ4n) is 1.76. The number of ether oxygens (including phenoxy) is 1. The SMILES string of the molecule is CNc1nc(-c2cc(C)ccc2OC)c(C(=O)O)o1. The molecule has 2 aromatic rings. The predicted octanol–water partition coefficient (Wildman–Crippen LogP) is 2.40. The highest BCUT2D eigenvalue weighted by Gasteiger charge is 2.23. The Bertz CT molecular complexity index is 619. The van der Waals surface area contributed by atoms with E-state index in [9.17, 15) is 4.79 Å². The summed E-state index contributed by atoms with van der Waals surface area (Å²) in [4.78, 5) is 15.3. The second-order valence-corrected chi connectivity index (χ2v) is 3.96. The summed E-state index contributed by atoms with van der Waals surface area (Å²) in [5.41, 5.74) is 1.81. The normalized spacial score (nSPS) is 10.3. The molecule has 6 heteroatoms. The van der Waals surface area contributed by atoms with Crippen LogP contribution in [0.25, 0.3) is 11.3 Å². The minimum Gasteiger partial charge on any atom is -0.496 e. The number of aryl methyl sites for hydroxylation is 1. The fourth-order valence-corrected chi connectivity index (χ4v) is 1.76. The number of aromatic carboxylic acids is 1. The largest absolute Gasteiger partial charge is 0.496 e. The lowest BCUT2D eigenvalue weighted by molar-refractivity contribution is 0.0665. The van der Waals surface area contributed by atoms with Gasteiger partial charge in [-0.15, -0.1) is 0 Å². The standard InChI is InChI=1S/C13H14N2O4/c1-7-4-5-9(18-3)8(6-7)10-11(12(16)17)19-13(14-2)15-10/h4-6H,1-3H3,(H,14,15)(H,16,17). The van der Waals surface area contributed by atoms with E-state index in [0.717, 1.165) is 5.56 Å². The Morgan fingerprint density at radius 3 is 2.79 bits per heavy atom. The van der Waals surface area contributed by atoms with Gasteiger partial charge < -0.3 is 19.6 Å². The number of carboxylic acid groups (broad SMARTS) is 1. The van der Waals surface area contributed by atoms with Gasteiger partial charge >= 0.3 is 5.97 Å². The summed E-state index contributed by atoms with van der Waals surface area (Å²) in [6.45, 7) is 1.91. The average molecular weight is 262 g/mol. The van der Waals surface area contributed by atoms with Crippen molar-refractivity contribution in [1.29, 1.82) is 0 Å². The van der Waals surface area contributed by atoms with Crippen LogP contribution in [0.15, 0.2) is 22.6 Å². The Hall–Kier alpha value is -2.50. The van der Waals surface area contributed by atoms with E-state index in [1.165, 1.54) is 7.11 Å². The van der Waals surface area contributed by atoms with Gasteiger partial charge in [0.2, 0.25) is 5.76 Å². The molecule has 0 aliphatic heterocycles. The molecule has 2 N–H and O–H groups in total. The molecule has 0 amide bonds. The lowest BCUT2D eigenvalue weighted by atomic mass is 10.1. The van der Waals surface area contributed by atoms with Crippen LogP contribution in [-0.4, -0.2) is 30.2 Å². The maximum Gasteiger partial charge on any atom is 0.374 e. The molecule has 100 valence electrons. The van der Waals surface area contributed by atoms with Crippen LogP contribution in [0.5, 0.6) is 5.75 Å². The molecule has 1 heterocycles. The molecular weight excluding hydrogens is 248 g/mol. The highest BCUT2D eigenvalue weighted by atomic mass is 16.5. The Labute approximate surface area is 110 Å². The number of anilines is 1. The number of hydrogen-bond donors (Lipinski definition) is 2. The summed E-state index contributed by atoms with van der Waals surface area (Å²) < 4.78 is 10.4.